The summed E-state index contributed by atoms with van der Waals surface area (Å²) in [5, 5.41) is 16.4. The van der Waals surface area contributed by atoms with Crippen LogP contribution in [0.15, 0.2) is 0 Å². The minimum Gasteiger partial charge on any atom is -0.480 e. The zero-order valence-electron chi connectivity index (χ0n) is 12.0. The van der Waals surface area contributed by atoms with Crippen molar-refractivity contribution in [3.63, 3.8) is 0 Å². The Morgan fingerprint density at radius 3 is 2.33 bits per heavy atom. The van der Waals surface area contributed by atoms with Gasteiger partial charge in [0, 0.05) is 32.7 Å². The fraction of sp³-hybridized carbons (Fsp3) is 0.818. The second-order valence-electron chi connectivity index (χ2n) is 4.99. The molecule has 0 bridgehead atoms. The molecule has 1 aliphatic heterocycles. The molecule has 0 aromatic carbocycles. The molecule has 0 radical (unpaired) electrons. The van der Waals surface area contributed by atoms with Gasteiger partial charge in [-0.3, -0.25) is 9.69 Å². The number of amides is 2. The maximum absolute atomic E-state index is 11.8. The second-order valence-corrected chi connectivity index (χ2v) is 6.72. The molecule has 9 nitrogen and oxygen atoms in total. The van der Waals surface area contributed by atoms with Crippen molar-refractivity contribution in [1.29, 1.82) is 0 Å². The normalized spacial score (nSPS) is 18.3. The number of carboxylic acid groups (broad SMARTS) is 1. The van der Waals surface area contributed by atoms with Gasteiger partial charge in [-0.1, -0.05) is 0 Å². The molecule has 1 rings (SSSR count). The van der Waals surface area contributed by atoms with Gasteiger partial charge >= 0.3 is 12.0 Å². The summed E-state index contributed by atoms with van der Waals surface area (Å²) in [6.45, 7) is 3.74. The van der Waals surface area contributed by atoms with E-state index in [9.17, 15) is 18.0 Å². The van der Waals surface area contributed by atoms with E-state index in [0.717, 1.165) is 0 Å². The summed E-state index contributed by atoms with van der Waals surface area (Å²) in [5.41, 5.74) is 0. The van der Waals surface area contributed by atoms with Crippen molar-refractivity contribution < 1.29 is 23.1 Å². The Labute approximate surface area is 124 Å². The molecule has 0 spiro atoms. The molecule has 1 aliphatic rings. The van der Waals surface area contributed by atoms with Crippen LogP contribution < -0.4 is 10.5 Å². The van der Waals surface area contributed by atoms with E-state index in [1.165, 1.54) is 0 Å². The van der Waals surface area contributed by atoms with Crippen LogP contribution in [-0.4, -0.2) is 79.8 Å². The van der Waals surface area contributed by atoms with Crippen molar-refractivity contribution >= 4 is 22.0 Å². The van der Waals surface area contributed by atoms with E-state index in [1.807, 2.05) is 0 Å². The van der Waals surface area contributed by atoms with E-state index >= 15 is 0 Å². The third-order valence-electron chi connectivity index (χ3n) is 3.39. The Balaban J connectivity index is 2.27. The first-order chi connectivity index (χ1) is 9.70. The molecule has 0 aromatic heterocycles. The number of carbonyl (C=O) groups is 2. The highest BCUT2D eigenvalue weighted by atomic mass is 32.2. The highest BCUT2D eigenvalue weighted by Gasteiger charge is 2.26. The summed E-state index contributed by atoms with van der Waals surface area (Å²) in [4.78, 5) is 26.1. The largest absolute Gasteiger partial charge is 0.480 e. The molecule has 1 heterocycles. The number of rotatable bonds is 6. The number of carboxylic acids is 1. The molecule has 21 heavy (non-hydrogen) atoms. The van der Waals surface area contributed by atoms with E-state index in [0.29, 0.717) is 26.2 Å². The van der Waals surface area contributed by atoms with Gasteiger partial charge in [-0.25, -0.2) is 18.4 Å². The number of sulfonamides is 1. The summed E-state index contributed by atoms with van der Waals surface area (Å²) < 4.78 is 21.5. The smallest absolute Gasteiger partial charge is 0.320 e. The van der Waals surface area contributed by atoms with Crippen LogP contribution in [0.1, 0.15) is 13.3 Å². The standard InChI is InChI=1S/C11H22N4O5S/c1-9(10(16)17)14-4-6-15(7-5-14)11(18)13-3-2-8-21(12,19)20/h9H,2-8H2,1H3,(H,13,18)(H,16,17)(H2,12,19,20). The zero-order valence-corrected chi connectivity index (χ0v) is 12.8. The zero-order chi connectivity index (χ0) is 16.0. The number of primary sulfonamides is 1. The third kappa shape index (κ3) is 6.27. The van der Waals surface area contributed by atoms with Crippen LogP contribution in [0.3, 0.4) is 0 Å². The maximum Gasteiger partial charge on any atom is 0.320 e. The van der Waals surface area contributed by atoms with Crippen LogP contribution in [0.5, 0.6) is 0 Å². The minimum absolute atomic E-state index is 0.169. The first-order valence-electron chi connectivity index (χ1n) is 6.71. The Morgan fingerprint density at radius 1 is 1.29 bits per heavy atom. The van der Waals surface area contributed by atoms with E-state index in [-0.39, 0.29) is 24.7 Å². The van der Waals surface area contributed by atoms with Gasteiger partial charge in [-0.05, 0) is 13.3 Å². The number of nitrogens with two attached hydrogens (primary N) is 1. The molecule has 122 valence electrons. The number of hydrogen-bond donors (Lipinski definition) is 3. The Kier molecular flexibility index (Phi) is 6.37. The van der Waals surface area contributed by atoms with Crippen LogP contribution in [0.2, 0.25) is 0 Å². The quantitative estimate of drug-likeness (QED) is 0.508. The van der Waals surface area contributed by atoms with Crippen LogP contribution in [0, 0.1) is 0 Å². The average molecular weight is 322 g/mol. The molecule has 0 aliphatic carbocycles. The molecular weight excluding hydrogens is 300 g/mol. The van der Waals surface area contributed by atoms with Crippen LogP contribution >= 0.6 is 0 Å². The van der Waals surface area contributed by atoms with Gasteiger partial charge in [-0.15, -0.1) is 0 Å². The highest BCUT2D eigenvalue weighted by Crippen LogP contribution is 2.06. The average Bonchev–Trinajstić information content (AvgIpc) is 2.41. The predicted octanol–water partition coefficient (Wildman–Crippen LogP) is -1.53. The summed E-state index contributed by atoms with van der Waals surface area (Å²) in [6.07, 6.45) is 0.264. The number of nitrogens with zero attached hydrogens (tertiary/aromatic N) is 2. The lowest BCUT2D eigenvalue weighted by atomic mass is 10.2. The summed E-state index contributed by atoms with van der Waals surface area (Å²) in [6, 6.07) is -0.836. The van der Waals surface area contributed by atoms with E-state index in [4.69, 9.17) is 10.2 Å². The van der Waals surface area contributed by atoms with E-state index in [2.05, 4.69) is 5.32 Å². The lowest BCUT2D eigenvalue weighted by Gasteiger charge is -2.36. The van der Waals surface area contributed by atoms with Crippen molar-refractivity contribution in [2.45, 2.75) is 19.4 Å². The van der Waals surface area contributed by atoms with E-state index in [1.54, 1.807) is 16.7 Å². The van der Waals surface area contributed by atoms with Gasteiger partial charge in [0.2, 0.25) is 10.0 Å². The molecule has 0 aromatic rings. The van der Waals surface area contributed by atoms with Gasteiger partial charge in [0.1, 0.15) is 6.04 Å². The maximum atomic E-state index is 11.8. The summed E-state index contributed by atoms with van der Waals surface area (Å²) in [5.74, 6) is -1.05. The van der Waals surface area contributed by atoms with Crippen molar-refractivity contribution in [3.8, 4) is 0 Å². The lowest BCUT2D eigenvalue weighted by Crippen LogP contribution is -2.55. The molecule has 1 atom stereocenters. The Hall–Kier alpha value is -1.39. The first-order valence-corrected chi connectivity index (χ1v) is 8.42. The lowest BCUT2D eigenvalue weighted by molar-refractivity contribution is -0.143. The summed E-state index contributed by atoms with van der Waals surface area (Å²) >= 11 is 0. The SMILES string of the molecule is CC(C(=O)O)N1CCN(C(=O)NCCCS(N)(=O)=O)CC1. The number of urea groups is 1. The Morgan fingerprint density at radius 2 is 1.86 bits per heavy atom. The molecule has 10 heteroatoms. The molecule has 1 saturated heterocycles. The number of hydrogen-bond acceptors (Lipinski definition) is 5. The molecule has 4 N–H and O–H groups in total. The number of carbonyl (C=O) groups excluding carboxylic acids is 1. The van der Waals surface area contributed by atoms with E-state index < -0.39 is 22.0 Å². The fourth-order valence-corrected chi connectivity index (χ4v) is 2.60. The minimum atomic E-state index is -3.50. The number of piperazine rings is 1. The van der Waals surface area contributed by atoms with Gasteiger partial charge in [0.05, 0.1) is 5.75 Å². The number of nitrogens with one attached hydrogen (secondary N) is 1. The van der Waals surface area contributed by atoms with Crippen molar-refractivity contribution in [2.24, 2.45) is 5.14 Å². The van der Waals surface area contributed by atoms with Gasteiger partial charge in [0.15, 0.2) is 0 Å². The first kappa shape index (κ1) is 17.7. The molecule has 0 saturated carbocycles. The van der Waals surface area contributed by atoms with Crippen LogP contribution in [0.25, 0.3) is 0 Å². The van der Waals surface area contributed by atoms with Crippen molar-refractivity contribution in [3.05, 3.63) is 0 Å². The molecule has 1 fully saturated rings. The van der Waals surface area contributed by atoms with Gasteiger partial charge in [-0.2, -0.15) is 0 Å². The topological polar surface area (TPSA) is 133 Å². The van der Waals surface area contributed by atoms with Crippen molar-refractivity contribution in [2.75, 3.05) is 38.5 Å². The predicted molar refractivity (Wildman–Crippen MR) is 76.2 cm³/mol. The monoisotopic (exact) mass is 322 g/mol. The Bertz CT molecular complexity index is 473. The van der Waals surface area contributed by atoms with Crippen LogP contribution in [-0.2, 0) is 14.8 Å². The van der Waals surface area contributed by atoms with Gasteiger partial charge in [0.25, 0.3) is 0 Å². The van der Waals surface area contributed by atoms with Crippen LogP contribution in [0.4, 0.5) is 4.79 Å². The molecular formula is C11H22N4O5S. The number of aliphatic carboxylic acids is 1. The molecule has 1 unspecified atom stereocenters. The van der Waals surface area contributed by atoms with Crippen molar-refractivity contribution in [1.82, 2.24) is 15.1 Å². The van der Waals surface area contributed by atoms with Gasteiger partial charge < -0.3 is 15.3 Å². The molecule has 2 amide bonds. The second kappa shape index (κ2) is 7.57. The highest BCUT2D eigenvalue weighted by molar-refractivity contribution is 7.89. The fourth-order valence-electron chi connectivity index (χ4n) is 2.05. The summed E-state index contributed by atoms with van der Waals surface area (Å²) in [7, 11) is -3.50. The third-order valence-corrected chi connectivity index (χ3v) is 4.25.